The highest BCUT2D eigenvalue weighted by Crippen LogP contribution is 2.33. The summed E-state index contributed by atoms with van der Waals surface area (Å²) in [4.78, 5) is 29.3. The number of rotatable bonds is 5. The first-order chi connectivity index (χ1) is 15.7. The van der Waals surface area contributed by atoms with Gasteiger partial charge in [0, 0.05) is 36.6 Å². The maximum atomic E-state index is 12.9. The number of hydrogen-bond donors (Lipinski definition) is 2. The summed E-state index contributed by atoms with van der Waals surface area (Å²) in [6.45, 7) is 6.63. The van der Waals surface area contributed by atoms with Gasteiger partial charge in [0.25, 0.3) is 5.91 Å². The number of para-hydroxylation sites is 2. The van der Waals surface area contributed by atoms with Crippen LogP contribution >= 0.6 is 44.1 Å². The lowest BCUT2D eigenvalue weighted by atomic mass is 10.1. The molecule has 33 heavy (non-hydrogen) atoms. The molecule has 2 amide bonds. The molecule has 0 bridgehead atoms. The van der Waals surface area contributed by atoms with Gasteiger partial charge in [-0.1, -0.05) is 41.9 Å². The topological polar surface area (TPSA) is 73.9 Å². The number of ether oxygens (including phenoxy) is 1. The number of carbonyl (C=O) groups is 2. The molecule has 176 valence electrons. The van der Waals surface area contributed by atoms with Crippen molar-refractivity contribution in [3.05, 3.63) is 50.9 Å². The van der Waals surface area contributed by atoms with Crippen LogP contribution in [-0.2, 0) is 4.79 Å². The molecule has 0 aromatic heterocycles. The van der Waals surface area contributed by atoms with Crippen LogP contribution in [0.15, 0.2) is 45.3 Å². The second-order valence-electron chi connectivity index (χ2n) is 7.86. The first kappa shape index (κ1) is 25.5. The molecule has 0 aliphatic carbocycles. The van der Waals surface area contributed by atoms with Gasteiger partial charge in [0.1, 0.15) is 5.75 Å². The Hall–Kier alpha value is -2.17. The number of nitrogens with zero attached hydrogens (tertiary/aromatic N) is 2. The van der Waals surface area contributed by atoms with Crippen LogP contribution in [-0.4, -0.2) is 55.1 Å². The van der Waals surface area contributed by atoms with Crippen molar-refractivity contribution in [3.63, 3.8) is 0 Å². The van der Waals surface area contributed by atoms with Gasteiger partial charge >= 0.3 is 0 Å². The minimum absolute atomic E-state index is 0.00373. The fourth-order valence-electron chi connectivity index (χ4n) is 3.65. The summed E-state index contributed by atoms with van der Waals surface area (Å²) in [5.41, 5.74) is 2.10. The molecule has 3 rings (SSSR count). The minimum atomic E-state index is -0.385. The highest BCUT2D eigenvalue weighted by atomic mass is 79.9. The molecule has 1 aliphatic heterocycles. The number of methoxy groups -OCH3 is 1. The number of halogens is 2. The smallest absolute Gasteiger partial charge is 0.261 e. The molecule has 1 aliphatic rings. The van der Waals surface area contributed by atoms with Crippen LogP contribution in [0.25, 0.3) is 0 Å². The van der Waals surface area contributed by atoms with Crippen LogP contribution in [0.3, 0.4) is 0 Å². The SMILES string of the molecule is COc1c(Br)cc(Br)cc1C(=O)NC(=S)Nc1ccccc1N1CCN(C(=O)C(C)C)CC1. The number of amides is 2. The van der Waals surface area contributed by atoms with E-state index in [0.717, 1.165) is 28.9 Å². The molecule has 7 nitrogen and oxygen atoms in total. The monoisotopic (exact) mass is 596 g/mol. The Labute approximate surface area is 216 Å². The summed E-state index contributed by atoms with van der Waals surface area (Å²) in [6, 6.07) is 11.3. The molecular formula is C23H26Br2N4O3S. The molecule has 1 saturated heterocycles. The Balaban J connectivity index is 1.69. The zero-order valence-corrected chi connectivity index (χ0v) is 22.6. The molecule has 2 aromatic rings. The van der Waals surface area contributed by atoms with Crippen LogP contribution in [0.4, 0.5) is 11.4 Å². The first-order valence-electron chi connectivity index (χ1n) is 10.5. The van der Waals surface area contributed by atoms with Crippen molar-refractivity contribution in [3.8, 4) is 5.75 Å². The second kappa shape index (κ2) is 11.3. The normalized spacial score (nSPS) is 13.6. The van der Waals surface area contributed by atoms with E-state index >= 15 is 0 Å². The summed E-state index contributed by atoms with van der Waals surface area (Å²) in [5.74, 6) is 0.216. The summed E-state index contributed by atoms with van der Waals surface area (Å²) < 4.78 is 6.76. The number of anilines is 2. The summed E-state index contributed by atoms with van der Waals surface area (Å²) in [5, 5.41) is 6.05. The van der Waals surface area contributed by atoms with Crippen molar-refractivity contribution >= 4 is 72.4 Å². The van der Waals surface area contributed by atoms with E-state index in [4.69, 9.17) is 17.0 Å². The van der Waals surface area contributed by atoms with Crippen LogP contribution < -0.4 is 20.3 Å². The van der Waals surface area contributed by atoms with Gasteiger partial charge in [-0.3, -0.25) is 14.9 Å². The highest BCUT2D eigenvalue weighted by Gasteiger charge is 2.24. The van der Waals surface area contributed by atoms with E-state index in [9.17, 15) is 9.59 Å². The van der Waals surface area contributed by atoms with Crippen molar-refractivity contribution in [1.82, 2.24) is 10.2 Å². The molecular weight excluding hydrogens is 572 g/mol. The predicted molar refractivity (Wildman–Crippen MR) is 142 cm³/mol. The van der Waals surface area contributed by atoms with Gasteiger partial charge in [0.05, 0.1) is 28.5 Å². The number of thiocarbonyl (C=S) groups is 1. The van der Waals surface area contributed by atoms with Gasteiger partial charge < -0.3 is 19.9 Å². The number of nitrogens with one attached hydrogen (secondary N) is 2. The second-order valence-corrected chi connectivity index (χ2v) is 10.0. The first-order valence-corrected chi connectivity index (χ1v) is 12.5. The van der Waals surface area contributed by atoms with Crippen LogP contribution in [0.2, 0.25) is 0 Å². The molecule has 0 unspecified atom stereocenters. The molecule has 2 N–H and O–H groups in total. The quantitative estimate of drug-likeness (QED) is 0.489. The molecule has 0 atom stereocenters. The molecule has 0 radical (unpaired) electrons. The van der Waals surface area contributed by atoms with E-state index in [2.05, 4.69) is 47.4 Å². The largest absolute Gasteiger partial charge is 0.495 e. The Kier molecular flexibility index (Phi) is 8.72. The molecule has 2 aromatic carbocycles. The highest BCUT2D eigenvalue weighted by molar-refractivity contribution is 9.11. The van der Waals surface area contributed by atoms with E-state index in [1.807, 2.05) is 43.0 Å². The summed E-state index contributed by atoms with van der Waals surface area (Å²) in [7, 11) is 1.51. The maximum absolute atomic E-state index is 12.9. The van der Waals surface area contributed by atoms with Crippen molar-refractivity contribution in [2.75, 3.05) is 43.5 Å². The number of carbonyl (C=O) groups excluding carboxylic acids is 2. The van der Waals surface area contributed by atoms with E-state index in [1.54, 1.807) is 12.1 Å². The van der Waals surface area contributed by atoms with Crippen LogP contribution in [0.5, 0.6) is 5.75 Å². The lowest BCUT2D eigenvalue weighted by Gasteiger charge is -2.37. The van der Waals surface area contributed by atoms with E-state index in [-0.39, 0.29) is 22.8 Å². The molecule has 1 fully saturated rings. The lowest BCUT2D eigenvalue weighted by Crippen LogP contribution is -2.50. The zero-order chi connectivity index (χ0) is 24.1. The molecule has 1 heterocycles. The molecule has 0 saturated carbocycles. The van der Waals surface area contributed by atoms with Crippen molar-refractivity contribution in [1.29, 1.82) is 0 Å². The maximum Gasteiger partial charge on any atom is 0.261 e. The fourth-order valence-corrected chi connectivity index (χ4v) is 5.24. The van der Waals surface area contributed by atoms with E-state index in [1.165, 1.54) is 7.11 Å². The third-order valence-corrected chi connectivity index (χ3v) is 6.51. The Morgan fingerprint density at radius 1 is 1.09 bits per heavy atom. The average Bonchev–Trinajstić information content (AvgIpc) is 2.78. The van der Waals surface area contributed by atoms with Gasteiger partial charge in [-0.15, -0.1) is 0 Å². The third kappa shape index (κ3) is 6.24. The fraction of sp³-hybridized carbons (Fsp3) is 0.348. The van der Waals surface area contributed by atoms with Gasteiger partial charge in [0.2, 0.25) is 5.91 Å². The number of hydrogen-bond acceptors (Lipinski definition) is 5. The van der Waals surface area contributed by atoms with Gasteiger partial charge in [-0.25, -0.2) is 0 Å². The molecule has 0 spiro atoms. The summed E-state index contributed by atoms with van der Waals surface area (Å²) in [6.07, 6.45) is 0. The van der Waals surface area contributed by atoms with E-state index < -0.39 is 0 Å². The Morgan fingerprint density at radius 2 is 1.76 bits per heavy atom. The van der Waals surface area contributed by atoms with Gasteiger partial charge in [0.15, 0.2) is 5.11 Å². The Bertz CT molecular complexity index is 1060. The predicted octanol–water partition coefficient (Wildman–Crippen LogP) is 4.65. The summed E-state index contributed by atoms with van der Waals surface area (Å²) >= 11 is 12.2. The van der Waals surface area contributed by atoms with Crippen LogP contribution in [0, 0.1) is 5.92 Å². The van der Waals surface area contributed by atoms with Crippen molar-refractivity contribution in [2.45, 2.75) is 13.8 Å². The van der Waals surface area contributed by atoms with Crippen LogP contribution in [0.1, 0.15) is 24.2 Å². The van der Waals surface area contributed by atoms with Gasteiger partial charge in [-0.2, -0.15) is 0 Å². The standard InChI is InChI=1S/C23H26Br2N4O3S/c1-14(2)22(31)29-10-8-28(9-11-29)19-7-5-4-6-18(19)26-23(33)27-21(30)16-12-15(24)13-17(25)20(16)32-3/h4-7,12-14H,8-11H2,1-3H3,(H2,26,27,30,33). The lowest BCUT2D eigenvalue weighted by molar-refractivity contribution is -0.134. The van der Waals surface area contributed by atoms with E-state index in [0.29, 0.717) is 28.9 Å². The Morgan fingerprint density at radius 3 is 2.39 bits per heavy atom. The van der Waals surface area contributed by atoms with Gasteiger partial charge in [-0.05, 0) is 52.4 Å². The third-order valence-electron chi connectivity index (χ3n) is 5.26. The van der Waals surface area contributed by atoms with Crippen molar-refractivity contribution < 1.29 is 14.3 Å². The average molecular weight is 598 g/mol. The number of piperazine rings is 1. The van der Waals surface area contributed by atoms with Crippen molar-refractivity contribution in [2.24, 2.45) is 5.92 Å². The number of benzene rings is 2. The minimum Gasteiger partial charge on any atom is -0.495 e. The zero-order valence-electron chi connectivity index (χ0n) is 18.7. The molecule has 10 heteroatoms.